The second kappa shape index (κ2) is 7.69. The molecule has 0 aliphatic carbocycles. The van der Waals surface area contributed by atoms with E-state index in [1.165, 1.54) is 11.3 Å². The Bertz CT molecular complexity index is 1170. The molecule has 0 N–H and O–H groups in total. The highest BCUT2D eigenvalue weighted by molar-refractivity contribution is 9.10. The van der Waals surface area contributed by atoms with Crippen LogP contribution < -0.4 is 4.74 Å². The van der Waals surface area contributed by atoms with Crippen molar-refractivity contribution in [2.45, 2.75) is 13.5 Å². The molecule has 4 aromatic rings. The first-order chi connectivity index (χ1) is 13.5. The molecule has 0 saturated carbocycles. The number of esters is 1. The van der Waals surface area contributed by atoms with Crippen molar-refractivity contribution in [2.75, 3.05) is 7.11 Å². The van der Waals surface area contributed by atoms with Gasteiger partial charge in [0.15, 0.2) is 5.65 Å². The minimum absolute atomic E-state index is 0.0881. The third-order valence-corrected chi connectivity index (χ3v) is 5.52. The number of rotatable bonds is 5. The average molecular weight is 459 g/mol. The molecule has 0 spiro atoms. The lowest BCUT2D eigenvalue weighted by Crippen LogP contribution is -2.07. The summed E-state index contributed by atoms with van der Waals surface area (Å²) >= 11 is 4.94. The van der Waals surface area contributed by atoms with Gasteiger partial charge in [0.05, 0.1) is 23.9 Å². The van der Waals surface area contributed by atoms with Crippen LogP contribution in [0, 0.1) is 6.92 Å². The van der Waals surface area contributed by atoms with Gasteiger partial charge in [0.2, 0.25) is 0 Å². The molecule has 28 heavy (non-hydrogen) atoms. The lowest BCUT2D eigenvalue weighted by atomic mass is 10.2. The molecule has 0 amide bonds. The number of carbonyl (C=O) groups is 1. The fourth-order valence-corrected chi connectivity index (χ4v) is 3.88. The summed E-state index contributed by atoms with van der Waals surface area (Å²) in [6.07, 6.45) is 1.67. The molecule has 0 radical (unpaired) electrons. The van der Waals surface area contributed by atoms with Crippen LogP contribution in [0.25, 0.3) is 16.2 Å². The molecule has 0 atom stereocenters. The molecular weight excluding hydrogens is 444 g/mol. The number of benzene rings is 1. The summed E-state index contributed by atoms with van der Waals surface area (Å²) < 4.78 is 13.5. The Balaban J connectivity index is 1.49. The molecule has 4 rings (SSSR count). The van der Waals surface area contributed by atoms with Crippen LogP contribution in [0.15, 0.2) is 46.4 Å². The number of nitrogens with zero attached hydrogens (tertiary/aromatic N) is 4. The third-order valence-electron chi connectivity index (χ3n) is 4.10. The number of hydrogen-bond donors (Lipinski definition) is 0. The van der Waals surface area contributed by atoms with E-state index in [2.05, 4.69) is 31.1 Å². The van der Waals surface area contributed by atoms with Crippen LogP contribution in [0.3, 0.4) is 0 Å². The number of hydrogen-bond acceptors (Lipinski definition) is 7. The molecule has 0 aliphatic rings. The zero-order valence-corrected chi connectivity index (χ0v) is 17.5. The highest BCUT2D eigenvalue weighted by atomic mass is 79.9. The summed E-state index contributed by atoms with van der Waals surface area (Å²) in [4.78, 5) is 17.0. The maximum atomic E-state index is 12.4. The quantitative estimate of drug-likeness (QED) is 0.415. The molecule has 142 valence electrons. The van der Waals surface area contributed by atoms with E-state index in [1.807, 2.05) is 30.5 Å². The van der Waals surface area contributed by atoms with Crippen LogP contribution in [0.4, 0.5) is 0 Å². The van der Waals surface area contributed by atoms with Crippen molar-refractivity contribution in [3.8, 4) is 16.3 Å². The zero-order valence-electron chi connectivity index (χ0n) is 15.0. The monoisotopic (exact) mass is 458 g/mol. The second-order valence-corrected chi connectivity index (χ2v) is 7.73. The molecule has 7 nitrogen and oxygen atoms in total. The number of fused-ring (bicyclic) bond motifs is 1. The summed E-state index contributed by atoms with van der Waals surface area (Å²) in [5.41, 5.74) is 2.67. The van der Waals surface area contributed by atoms with Crippen LogP contribution in [0.2, 0.25) is 0 Å². The van der Waals surface area contributed by atoms with E-state index in [0.717, 1.165) is 20.8 Å². The first-order valence-corrected chi connectivity index (χ1v) is 9.99. The summed E-state index contributed by atoms with van der Waals surface area (Å²) in [7, 11) is 1.62. The smallest absolute Gasteiger partial charge is 0.340 e. The van der Waals surface area contributed by atoms with Gasteiger partial charge in [0.1, 0.15) is 23.2 Å². The number of halogens is 1. The first kappa shape index (κ1) is 18.6. The van der Waals surface area contributed by atoms with Gasteiger partial charge >= 0.3 is 5.97 Å². The van der Waals surface area contributed by atoms with Gasteiger partial charge in [-0.2, -0.15) is 0 Å². The number of aryl methyl sites for hydroxylation is 1. The standard InChI is InChI=1S/C19H15BrN4O3S/c1-11-22-23-17-6-3-12(8-24(11)17)19(25)27-9-14-10-28-18(21-14)15-7-13(20)4-5-16(15)26-2/h3-8,10H,9H2,1-2H3. The van der Waals surface area contributed by atoms with Gasteiger partial charge in [0.25, 0.3) is 0 Å². The number of carbonyl (C=O) groups excluding carboxylic acids is 1. The molecule has 3 heterocycles. The fraction of sp³-hybridized carbons (Fsp3) is 0.158. The topological polar surface area (TPSA) is 78.6 Å². The maximum Gasteiger partial charge on any atom is 0.340 e. The normalized spacial score (nSPS) is 11.0. The number of thiazole rings is 1. The second-order valence-electron chi connectivity index (χ2n) is 5.96. The summed E-state index contributed by atoms with van der Waals surface area (Å²) in [5.74, 6) is 1.01. The molecule has 1 aromatic carbocycles. The Labute approximate surface area is 173 Å². The fourth-order valence-electron chi connectivity index (χ4n) is 2.69. The van der Waals surface area contributed by atoms with Gasteiger partial charge in [0, 0.05) is 16.0 Å². The minimum atomic E-state index is -0.426. The van der Waals surface area contributed by atoms with Crippen molar-refractivity contribution in [3.05, 3.63) is 63.5 Å². The molecule has 3 aromatic heterocycles. The Morgan fingerprint density at radius 3 is 2.93 bits per heavy atom. The Hall–Kier alpha value is -2.78. The van der Waals surface area contributed by atoms with E-state index in [4.69, 9.17) is 9.47 Å². The average Bonchev–Trinajstić information content (AvgIpc) is 3.33. The van der Waals surface area contributed by atoms with Crippen molar-refractivity contribution in [1.29, 1.82) is 0 Å². The third kappa shape index (κ3) is 3.63. The molecule has 0 saturated heterocycles. The molecule has 9 heteroatoms. The van der Waals surface area contributed by atoms with E-state index in [1.54, 1.807) is 29.8 Å². The SMILES string of the molecule is COc1ccc(Br)cc1-c1nc(COC(=O)c2ccc3nnc(C)n3c2)cs1. The molecule has 0 aliphatic heterocycles. The van der Waals surface area contributed by atoms with Gasteiger partial charge in [-0.1, -0.05) is 15.9 Å². The van der Waals surface area contributed by atoms with Crippen molar-refractivity contribution >= 4 is 38.9 Å². The Morgan fingerprint density at radius 1 is 1.25 bits per heavy atom. The van der Waals surface area contributed by atoms with Gasteiger partial charge in [-0.25, -0.2) is 9.78 Å². The summed E-state index contributed by atoms with van der Waals surface area (Å²) in [5, 5.41) is 10.7. The van der Waals surface area contributed by atoms with E-state index in [-0.39, 0.29) is 6.61 Å². The first-order valence-electron chi connectivity index (χ1n) is 8.32. The maximum absolute atomic E-state index is 12.4. The molecule has 0 fully saturated rings. The van der Waals surface area contributed by atoms with Crippen LogP contribution in [0.1, 0.15) is 21.9 Å². The molecular formula is C19H15BrN4O3S. The highest BCUT2D eigenvalue weighted by Gasteiger charge is 2.14. The largest absolute Gasteiger partial charge is 0.496 e. The van der Waals surface area contributed by atoms with Crippen LogP contribution in [-0.4, -0.2) is 32.7 Å². The number of pyridine rings is 1. The van der Waals surface area contributed by atoms with Crippen molar-refractivity contribution in [2.24, 2.45) is 0 Å². The minimum Gasteiger partial charge on any atom is -0.496 e. The Morgan fingerprint density at radius 2 is 2.11 bits per heavy atom. The summed E-state index contributed by atoms with van der Waals surface area (Å²) in [6, 6.07) is 9.14. The van der Waals surface area contributed by atoms with Crippen molar-refractivity contribution in [3.63, 3.8) is 0 Å². The number of aromatic nitrogens is 4. The predicted octanol–water partition coefficient (Wildman–Crippen LogP) is 4.29. The van der Waals surface area contributed by atoms with Crippen molar-refractivity contribution < 1.29 is 14.3 Å². The van der Waals surface area contributed by atoms with E-state index < -0.39 is 5.97 Å². The van der Waals surface area contributed by atoms with E-state index >= 15 is 0 Å². The zero-order chi connectivity index (χ0) is 19.7. The van der Waals surface area contributed by atoms with Crippen LogP contribution in [-0.2, 0) is 11.3 Å². The van der Waals surface area contributed by atoms with Gasteiger partial charge < -0.3 is 9.47 Å². The van der Waals surface area contributed by atoms with Gasteiger partial charge in [-0.15, -0.1) is 21.5 Å². The molecule has 0 unspecified atom stereocenters. The van der Waals surface area contributed by atoms with Gasteiger partial charge in [-0.3, -0.25) is 4.40 Å². The Kier molecular flexibility index (Phi) is 5.10. The molecule has 0 bridgehead atoms. The van der Waals surface area contributed by atoms with Crippen LogP contribution >= 0.6 is 27.3 Å². The number of methoxy groups -OCH3 is 1. The summed E-state index contributed by atoms with van der Waals surface area (Å²) in [6.45, 7) is 1.91. The van der Waals surface area contributed by atoms with E-state index in [0.29, 0.717) is 22.7 Å². The highest BCUT2D eigenvalue weighted by Crippen LogP contribution is 2.34. The van der Waals surface area contributed by atoms with Gasteiger partial charge in [-0.05, 0) is 37.3 Å². The lowest BCUT2D eigenvalue weighted by Gasteiger charge is -2.06. The van der Waals surface area contributed by atoms with E-state index in [9.17, 15) is 4.79 Å². The van der Waals surface area contributed by atoms with Crippen molar-refractivity contribution in [1.82, 2.24) is 19.6 Å². The number of ether oxygens (including phenoxy) is 2. The van der Waals surface area contributed by atoms with Crippen LogP contribution in [0.5, 0.6) is 5.75 Å². The lowest BCUT2D eigenvalue weighted by molar-refractivity contribution is 0.0468. The predicted molar refractivity (Wildman–Crippen MR) is 109 cm³/mol.